The lowest BCUT2D eigenvalue weighted by Crippen LogP contribution is -2.47. The number of hydrogen-bond donors (Lipinski definition) is 2. The van der Waals surface area contributed by atoms with E-state index >= 15 is 0 Å². The van der Waals surface area contributed by atoms with Gasteiger partial charge in [-0.25, -0.2) is 0 Å². The highest BCUT2D eigenvalue weighted by atomic mass is 32.2. The van der Waals surface area contributed by atoms with Crippen LogP contribution in [0.5, 0.6) is 0 Å². The minimum absolute atomic E-state index is 0.915. The highest BCUT2D eigenvalue weighted by molar-refractivity contribution is 7.98. The van der Waals surface area contributed by atoms with E-state index in [4.69, 9.17) is 0 Å². The molecular weight excluding hydrogens is 330 g/mol. The number of aliphatic imine (C=N–C) groups is 1. The highest BCUT2D eigenvalue weighted by Gasteiger charge is 2.16. The lowest BCUT2D eigenvalue weighted by molar-refractivity contribution is 0.255. The smallest absolute Gasteiger partial charge is 0.191 e. The molecule has 1 heterocycles. The summed E-state index contributed by atoms with van der Waals surface area (Å²) < 4.78 is 0. The second-order valence-electron chi connectivity index (χ2n) is 6.44. The van der Waals surface area contributed by atoms with Crippen LogP contribution in [-0.2, 0) is 0 Å². The van der Waals surface area contributed by atoms with Gasteiger partial charge in [-0.1, -0.05) is 12.1 Å². The predicted octanol–water partition coefficient (Wildman–Crippen LogP) is 2.04. The molecule has 2 N–H and O–H groups in total. The molecule has 6 heteroatoms. The number of aryl methyl sites for hydroxylation is 1. The van der Waals surface area contributed by atoms with Crippen LogP contribution in [0.1, 0.15) is 12.0 Å². The van der Waals surface area contributed by atoms with Crippen LogP contribution in [-0.4, -0.2) is 75.7 Å². The van der Waals surface area contributed by atoms with E-state index in [1.807, 2.05) is 18.8 Å². The van der Waals surface area contributed by atoms with Gasteiger partial charge in [-0.05, 0) is 43.8 Å². The molecule has 5 nitrogen and oxygen atoms in total. The number of piperazine rings is 1. The Morgan fingerprint density at radius 3 is 2.60 bits per heavy atom. The van der Waals surface area contributed by atoms with Gasteiger partial charge in [-0.2, -0.15) is 11.8 Å². The van der Waals surface area contributed by atoms with Gasteiger partial charge < -0.3 is 15.5 Å². The molecule has 1 aromatic rings. The molecule has 0 bridgehead atoms. The number of hydrogen-bond acceptors (Lipinski definition) is 4. The average molecular weight is 364 g/mol. The SMILES string of the molecule is CN=C(NCCCN1CCN(c2cccc(C)c2)CC1)NCCSC. The van der Waals surface area contributed by atoms with Crippen LogP contribution in [0, 0.1) is 6.92 Å². The number of nitrogens with zero attached hydrogens (tertiary/aromatic N) is 3. The second-order valence-corrected chi connectivity index (χ2v) is 7.43. The van der Waals surface area contributed by atoms with Gasteiger partial charge in [-0.3, -0.25) is 9.89 Å². The third-order valence-electron chi connectivity index (χ3n) is 4.50. The van der Waals surface area contributed by atoms with Crippen molar-refractivity contribution in [2.24, 2.45) is 4.99 Å². The molecule has 2 rings (SSSR count). The van der Waals surface area contributed by atoms with Crippen LogP contribution in [0.4, 0.5) is 5.69 Å². The minimum Gasteiger partial charge on any atom is -0.369 e. The molecule has 0 saturated carbocycles. The van der Waals surface area contributed by atoms with Crippen molar-refractivity contribution in [1.29, 1.82) is 0 Å². The third-order valence-corrected chi connectivity index (χ3v) is 5.12. The molecule has 140 valence electrons. The molecule has 1 aromatic carbocycles. The first-order chi connectivity index (χ1) is 12.2. The Hall–Kier alpha value is -1.40. The second kappa shape index (κ2) is 11.3. The summed E-state index contributed by atoms with van der Waals surface area (Å²) in [6.45, 7) is 9.78. The summed E-state index contributed by atoms with van der Waals surface area (Å²) in [5, 5.41) is 6.74. The van der Waals surface area contributed by atoms with Crippen molar-refractivity contribution < 1.29 is 0 Å². The van der Waals surface area contributed by atoms with E-state index in [1.165, 1.54) is 11.3 Å². The first kappa shape index (κ1) is 19.9. The number of thioether (sulfide) groups is 1. The molecule has 0 unspecified atom stereocenters. The fourth-order valence-corrected chi connectivity index (χ4v) is 3.36. The van der Waals surface area contributed by atoms with Crippen molar-refractivity contribution in [2.75, 3.05) is 69.8 Å². The minimum atomic E-state index is 0.915. The maximum atomic E-state index is 4.26. The molecule has 0 spiro atoms. The van der Waals surface area contributed by atoms with Crippen LogP contribution in [0.2, 0.25) is 0 Å². The molecule has 1 saturated heterocycles. The van der Waals surface area contributed by atoms with E-state index in [1.54, 1.807) is 0 Å². The van der Waals surface area contributed by atoms with Gasteiger partial charge in [0.25, 0.3) is 0 Å². The van der Waals surface area contributed by atoms with Crippen molar-refractivity contribution >= 4 is 23.4 Å². The Kier molecular flexibility index (Phi) is 8.97. The topological polar surface area (TPSA) is 42.9 Å². The van der Waals surface area contributed by atoms with Crippen LogP contribution < -0.4 is 15.5 Å². The number of guanidine groups is 1. The van der Waals surface area contributed by atoms with Gasteiger partial charge in [0.1, 0.15) is 0 Å². The molecule has 0 aliphatic carbocycles. The Bertz CT molecular complexity index is 526. The van der Waals surface area contributed by atoms with Gasteiger partial charge in [-0.15, -0.1) is 0 Å². The summed E-state index contributed by atoms with van der Waals surface area (Å²) in [6.07, 6.45) is 3.27. The van der Waals surface area contributed by atoms with Gasteiger partial charge in [0.15, 0.2) is 5.96 Å². The maximum absolute atomic E-state index is 4.26. The number of benzene rings is 1. The standard InChI is InChI=1S/C19H33N5S/c1-17-6-4-7-18(16-17)24-13-11-23(12-14-24)10-5-8-21-19(20-2)22-9-15-25-3/h4,6-7,16H,5,8-15H2,1-3H3,(H2,20,21,22). The average Bonchev–Trinajstić information content (AvgIpc) is 2.64. The predicted molar refractivity (Wildman–Crippen MR) is 112 cm³/mol. The first-order valence-corrected chi connectivity index (χ1v) is 10.6. The zero-order valence-electron chi connectivity index (χ0n) is 15.9. The molecule has 1 aliphatic heterocycles. The van der Waals surface area contributed by atoms with Crippen molar-refractivity contribution in [3.63, 3.8) is 0 Å². The third kappa shape index (κ3) is 7.16. The molecule has 25 heavy (non-hydrogen) atoms. The Balaban J connectivity index is 1.61. The van der Waals surface area contributed by atoms with Gasteiger partial charge in [0.05, 0.1) is 0 Å². The van der Waals surface area contributed by atoms with E-state index in [-0.39, 0.29) is 0 Å². The van der Waals surface area contributed by atoms with Gasteiger partial charge >= 0.3 is 0 Å². The monoisotopic (exact) mass is 363 g/mol. The zero-order valence-corrected chi connectivity index (χ0v) is 16.7. The number of rotatable bonds is 8. The van der Waals surface area contributed by atoms with E-state index in [9.17, 15) is 0 Å². The molecule has 1 fully saturated rings. The lowest BCUT2D eigenvalue weighted by Gasteiger charge is -2.36. The lowest BCUT2D eigenvalue weighted by atomic mass is 10.2. The summed E-state index contributed by atoms with van der Waals surface area (Å²) in [7, 11) is 1.83. The first-order valence-electron chi connectivity index (χ1n) is 9.20. The summed E-state index contributed by atoms with van der Waals surface area (Å²) in [5.74, 6) is 2.02. The maximum Gasteiger partial charge on any atom is 0.191 e. The van der Waals surface area contributed by atoms with Crippen molar-refractivity contribution in [3.05, 3.63) is 29.8 Å². The Labute approximate surface area is 157 Å². The Morgan fingerprint density at radius 1 is 1.16 bits per heavy atom. The fourth-order valence-electron chi connectivity index (χ4n) is 3.06. The van der Waals surface area contributed by atoms with Crippen LogP contribution >= 0.6 is 11.8 Å². The van der Waals surface area contributed by atoms with Gasteiger partial charge in [0, 0.05) is 57.8 Å². The van der Waals surface area contributed by atoms with E-state index < -0.39 is 0 Å². The number of anilines is 1. The van der Waals surface area contributed by atoms with Crippen LogP contribution in [0.15, 0.2) is 29.3 Å². The Morgan fingerprint density at radius 2 is 1.92 bits per heavy atom. The fraction of sp³-hybridized carbons (Fsp3) is 0.632. The molecule has 0 amide bonds. The molecule has 0 atom stereocenters. The zero-order chi connectivity index (χ0) is 17.9. The summed E-state index contributed by atoms with van der Waals surface area (Å²) >= 11 is 1.84. The largest absolute Gasteiger partial charge is 0.369 e. The quantitative estimate of drug-likeness (QED) is 0.420. The van der Waals surface area contributed by atoms with Crippen molar-refractivity contribution in [3.8, 4) is 0 Å². The summed E-state index contributed by atoms with van der Waals surface area (Å²) in [6, 6.07) is 8.83. The summed E-state index contributed by atoms with van der Waals surface area (Å²) in [5.41, 5.74) is 2.70. The van der Waals surface area contributed by atoms with E-state index in [0.29, 0.717) is 0 Å². The normalized spacial score (nSPS) is 16.1. The molecule has 0 aromatic heterocycles. The van der Waals surface area contributed by atoms with Crippen LogP contribution in [0.3, 0.4) is 0 Å². The van der Waals surface area contributed by atoms with E-state index in [0.717, 1.165) is 63.9 Å². The van der Waals surface area contributed by atoms with Crippen molar-refractivity contribution in [1.82, 2.24) is 15.5 Å². The van der Waals surface area contributed by atoms with Gasteiger partial charge in [0.2, 0.25) is 0 Å². The summed E-state index contributed by atoms with van der Waals surface area (Å²) in [4.78, 5) is 9.33. The van der Waals surface area contributed by atoms with Crippen molar-refractivity contribution in [2.45, 2.75) is 13.3 Å². The highest BCUT2D eigenvalue weighted by Crippen LogP contribution is 2.17. The molecular formula is C19H33N5S. The number of nitrogens with one attached hydrogen (secondary N) is 2. The molecule has 0 radical (unpaired) electrons. The van der Waals surface area contributed by atoms with Crippen LogP contribution in [0.25, 0.3) is 0 Å². The molecule has 1 aliphatic rings. The van der Waals surface area contributed by atoms with E-state index in [2.05, 4.69) is 62.9 Å².